The topological polar surface area (TPSA) is 110 Å². The zero-order valence-corrected chi connectivity index (χ0v) is 8.83. The number of carboxylic acids is 1. The van der Waals surface area contributed by atoms with Crippen LogP contribution in [0.4, 0.5) is 5.69 Å². The van der Waals surface area contributed by atoms with Crippen molar-refractivity contribution in [2.45, 2.75) is 19.3 Å². The molecule has 17 heavy (non-hydrogen) atoms. The van der Waals surface area contributed by atoms with Crippen molar-refractivity contribution < 1.29 is 19.6 Å². The van der Waals surface area contributed by atoms with Gasteiger partial charge in [-0.3, -0.25) is 24.7 Å². The number of aliphatic carboxylic acids is 1. The van der Waals surface area contributed by atoms with Gasteiger partial charge in [0.1, 0.15) is 6.20 Å². The van der Waals surface area contributed by atoms with Crippen LogP contribution in [-0.2, 0) is 4.79 Å². The normalized spacial score (nSPS) is 9.88. The fourth-order valence-electron chi connectivity index (χ4n) is 1.30. The summed E-state index contributed by atoms with van der Waals surface area (Å²) in [6, 6.07) is 1.27. The van der Waals surface area contributed by atoms with E-state index in [4.69, 9.17) is 5.11 Å². The largest absolute Gasteiger partial charge is 0.481 e. The first kappa shape index (κ1) is 12.8. The highest BCUT2D eigenvalue weighted by atomic mass is 16.6. The number of nitrogens with zero attached hydrogens (tertiary/aromatic N) is 2. The van der Waals surface area contributed by atoms with Crippen LogP contribution < -0.4 is 0 Å². The molecule has 0 atom stereocenters. The Morgan fingerprint density at radius 3 is 2.71 bits per heavy atom. The molecule has 1 aromatic rings. The second-order valence-electron chi connectivity index (χ2n) is 3.32. The number of aromatic nitrogens is 1. The highest BCUT2D eigenvalue weighted by Gasteiger charge is 2.19. The molecule has 1 aromatic heterocycles. The summed E-state index contributed by atoms with van der Waals surface area (Å²) in [6.07, 6.45) is 2.29. The summed E-state index contributed by atoms with van der Waals surface area (Å²) < 4.78 is 0. The second-order valence-corrected chi connectivity index (χ2v) is 3.32. The number of carboxylic acid groups (broad SMARTS) is 1. The van der Waals surface area contributed by atoms with Crippen molar-refractivity contribution in [3.8, 4) is 0 Å². The molecule has 1 rings (SSSR count). The first-order chi connectivity index (χ1) is 8.02. The van der Waals surface area contributed by atoms with Gasteiger partial charge in [0.15, 0.2) is 5.78 Å². The van der Waals surface area contributed by atoms with Gasteiger partial charge >= 0.3 is 5.97 Å². The number of carbonyl (C=O) groups excluding carboxylic acids is 1. The summed E-state index contributed by atoms with van der Waals surface area (Å²) in [6.45, 7) is 0. The molecule has 0 aliphatic heterocycles. The fraction of sp³-hybridized carbons (Fsp3) is 0.300. The Bertz CT molecular complexity index is 458. The molecule has 0 fully saturated rings. The molecule has 0 saturated carbocycles. The lowest BCUT2D eigenvalue weighted by atomic mass is 10.1. The highest BCUT2D eigenvalue weighted by molar-refractivity contribution is 5.99. The van der Waals surface area contributed by atoms with Crippen LogP contribution in [-0.4, -0.2) is 26.8 Å². The SMILES string of the molecule is O=C(O)CCCC(=O)c1ccncc1[N+](=O)[O-]. The number of nitro groups is 1. The van der Waals surface area contributed by atoms with Crippen molar-refractivity contribution in [1.29, 1.82) is 0 Å². The van der Waals surface area contributed by atoms with Gasteiger partial charge < -0.3 is 5.11 Å². The third-order valence-corrected chi connectivity index (χ3v) is 2.09. The quantitative estimate of drug-likeness (QED) is 0.456. The molecule has 1 N–H and O–H groups in total. The van der Waals surface area contributed by atoms with Crippen LogP contribution in [0.1, 0.15) is 29.6 Å². The molecule has 1 heterocycles. The number of hydrogen-bond acceptors (Lipinski definition) is 5. The monoisotopic (exact) mass is 238 g/mol. The van der Waals surface area contributed by atoms with E-state index in [1.807, 2.05) is 0 Å². The van der Waals surface area contributed by atoms with E-state index < -0.39 is 16.7 Å². The maximum absolute atomic E-state index is 11.6. The average Bonchev–Trinajstić information content (AvgIpc) is 2.28. The van der Waals surface area contributed by atoms with Crippen LogP contribution in [0.3, 0.4) is 0 Å². The second kappa shape index (κ2) is 5.69. The van der Waals surface area contributed by atoms with Crippen LogP contribution in [0.5, 0.6) is 0 Å². The highest BCUT2D eigenvalue weighted by Crippen LogP contribution is 2.18. The predicted molar refractivity (Wildman–Crippen MR) is 56.7 cm³/mol. The van der Waals surface area contributed by atoms with Crippen molar-refractivity contribution in [1.82, 2.24) is 4.98 Å². The Kier molecular flexibility index (Phi) is 4.27. The van der Waals surface area contributed by atoms with Gasteiger partial charge in [-0.1, -0.05) is 0 Å². The molecule has 0 amide bonds. The Labute approximate surface area is 96.2 Å². The van der Waals surface area contributed by atoms with Gasteiger partial charge in [-0.2, -0.15) is 0 Å². The van der Waals surface area contributed by atoms with Gasteiger partial charge in [0, 0.05) is 19.0 Å². The molecule has 7 nitrogen and oxygen atoms in total. The Balaban J connectivity index is 2.75. The maximum atomic E-state index is 11.6. The van der Waals surface area contributed by atoms with Crippen LogP contribution in [0.25, 0.3) is 0 Å². The molecule has 0 spiro atoms. The van der Waals surface area contributed by atoms with E-state index in [2.05, 4.69) is 4.98 Å². The number of hydrogen-bond donors (Lipinski definition) is 1. The maximum Gasteiger partial charge on any atom is 0.303 e. The van der Waals surface area contributed by atoms with Crippen molar-refractivity contribution in [3.63, 3.8) is 0 Å². The molecule has 0 unspecified atom stereocenters. The van der Waals surface area contributed by atoms with Crippen LogP contribution >= 0.6 is 0 Å². The number of pyridine rings is 1. The number of ketones is 1. The minimum Gasteiger partial charge on any atom is -0.481 e. The summed E-state index contributed by atoms with van der Waals surface area (Å²) in [5.74, 6) is -1.44. The summed E-state index contributed by atoms with van der Waals surface area (Å²) in [5, 5.41) is 19.0. The molecular weight excluding hydrogens is 228 g/mol. The van der Waals surface area contributed by atoms with Crippen LogP contribution in [0.2, 0.25) is 0 Å². The average molecular weight is 238 g/mol. The molecule has 0 aromatic carbocycles. The zero-order valence-electron chi connectivity index (χ0n) is 8.83. The zero-order chi connectivity index (χ0) is 12.8. The van der Waals surface area contributed by atoms with E-state index >= 15 is 0 Å². The third kappa shape index (κ3) is 3.63. The van der Waals surface area contributed by atoms with Gasteiger partial charge in [0.05, 0.1) is 10.5 Å². The first-order valence-corrected chi connectivity index (χ1v) is 4.85. The minimum absolute atomic E-state index is 0.0306. The van der Waals surface area contributed by atoms with E-state index in [0.29, 0.717) is 0 Å². The Morgan fingerprint density at radius 1 is 1.41 bits per heavy atom. The van der Waals surface area contributed by atoms with Crippen molar-refractivity contribution in [2.24, 2.45) is 0 Å². The van der Waals surface area contributed by atoms with E-state index in [9.17, 15) is 19.7 Å². The fourth-order valence-corrected chi connectivity index (χ4v) is 1.30. The van der Waals surface area contributed by atoms with Crippen molar-refractivity contribution >= 4 is 17.4 Å². The van der Waals surface area contributed by atoms with Crippen LogP contribution in [0.15, 0.2) is 18.5 Å². The Morgan fingerprint density at radius 2 is 2.12 bits per heavy atom. The minimum atomic E-state index is -0.998. The smallest absolute Gasteiger partial charge is 0.303 e. The van der Waals surface area contributed by atoms with E-state index in [1.54, 1.807) is 0 Å². The number of carbonyl (C=O) groups is 2. The molecule has 0 aliphatic carbocycles. The summed E-state index contributed by atoms with van der Waals surface area (Å²) in [5.41, 5.74) is -0.386. The summed E-state index contributed by atoms with van der Waals surface area (Å²) in [7, 11) is 0. The van der Waals surface area contributed by atoms with Crippen molar-refractivity contribution in [2.75, 3.05) is 0 Å². The molecule has 7 heteroatoms. The van der Waals surface area contributed by atoms with E-state index in [-0.39, 0.29) is 30.5 Å². The molecule has 0 bridgehead atoms. The molecule has 90 valence electrons. The number of Topliss-reactive ketones (excluding diaryl/α,β-unsaturated/α-hetero) is 1. The summed E-state index contributed by atoms with van der Waals surface area (Å²) in [4.78, 5) is 35.4. The third-order valence-electron chi connectivity index (χ3n) is 2.09. The standard InChI is InChI=1S/C10H10N2O5/c13-9(2-1-3-10(14)15)7-4-5-11-6-8(7)12(16)17/h4-6H,1-3H2,(H,14,15). The van der Waals surface area contributed by atoms with Crippen molar-refractivity contribution in [3.05, 3.63) is 34.1 Å². The van der Waals surface area contributed by atoms with Gasteiger partial charge in [0.25, 0.3) is 5.69 Å². The first-order valence-electron chi connectivity index (χ1n) is 4.85. The molecule has 0 radical (unpaired) electrons. The number of rotatable bonds is 6. The van der Waals surface area contributed by atoms with Gasteiger partial charge in [0.2, 0.25) is 0 Å². The molecule has 0 aliphatic rings. The van der Waals surface area contributed by atoms with Gasteiger partial charge in [-0.05, 0) is 12.5 Å². The van der Waals surface area contributed by atoms with Gasteiger partial charge in [-0.15, -0.1) is 0 Å². The lowest BCUT2D eigenvalue weighted by Gasteiger charge is -2.00. The lowest BCUT2D eigenvalue weighted by Crippen LogP contribution is -2.05. The molecular formula is C10H10N2O5. The molecule has 0 saturated heterocycles. The van der Waals surface area contributed by atoms with Gasteiger partial charge in [-0.25, -0.2) is 0 Å². The lowest BCUT2D eigenvalue weighted by molar-refractivity contribution is -0.385. The van der Waals surface area contributed by atoms with Crippen LogP contribution in [0, 0.1) is 10.1 Å². The van der Waals surface area contributed by atoms with E-state index in [0.717, 1.165) is 6.20 Å². The predicted octanol–water partition coefficient (Wildman–Crippen LogP) is 1.43. The summed E-state index contributed by atoms with van der Waals surface area (Å²) >= 11 is 0. The Hall–Kier alpha value is -2.31. The van der Waals surface area contributed by atoms with E-state index in [1.165, 1.54) is 12.3 Å².